The van der Waals surface area contributed by atoms with Crippen molar-refractivity contribution in [2.45, 2.75) is 32.8 Å². The summed E-state index contributed by atoms with van der Waals surface area (Å²) in [5.41, 5.74) is 1.98. The van der Waals surface area contributed by atoms with E-state index < -0.39 is 11.7 Å². The zero-order chi connectivity index (χ0) is 15.2. The Balaban J connectivity index is 2.46. The Hall–Kier alpha value is -2.22. The summed E-state index contributed by atoms with van der Waals surface area (Å²) in [4.78, 5) is 19.4. The molecule has 0 aromatic carbocycles. The summed E-state index contributed by atoms with van der Waals surface area (Å²) in [6.07, 6.45) is 2.84. The number of hydrogen-bond acceptors (Lipinski definition) is 6. The Labute approximate surface area is 117 Å². The van der Waals surface area contributed by atoms with E-state index in [1.54, 1.807) is 26.3 Å². The van der Waals surface area contributed by atoms with Gasteiger partial charge in [0.05, 0.1) is 11.9 Å². The van der Waals surface area contributed by atoms with E-state index in [0.29, 0.717) is 18.7 Å². The Bertz CT molecular complexity index is 484. The molecule has 1 aromatic rings. The van der Waals surface area contributed by atoms with Crippen molar-refractivity contribution in [3.8, 4) is 0 Å². The maximum atomic E-state index is 11.4. The average molecular weight is 281 g/mol. The van der Waals surface area contributed by atoms with E-state index in [2.05, 4.69) is 15.3 Å². The van der Waals surface area contributed by atoms with Gasteiger partial charge in [-0.15, -0.1) is 0 Å². The van der Waals surface area contributed by atoms with E-state index in [1.165, 1.54) is 12.4 Å². The smallest absolute Gasteiger partial charge is 0.407 e. The van der Waals surface area contributed by atoms with Gasteiger partial charge in [-0.25, -0.2) is 9.78 Å². The van der Waals surface area contributed by atoms with Crippen molar-refractivity contribution in [1.29, 1.82) is 5.41 Å². The van der Waals surface area contributed by atoms with Gasteiger partial charge in [0, 0.05) is 19.2 Å². The van der Waals surface area contributed by atoms with Gasteiger partial charge in [-0.05, 0) is 20.8 Å². The second kappa shape index (κ2) is 6.80. The van der Waals surface area contributed by atoms with Gasteiger partial charge >= 0.3 is 6.09 Å². The zero-order valence-corrected chi connectivity index (χ0v) is 11.7. The summed E-state index contributed by atoms with van der Waals surface area (Å²) >= 11 is 0. The summed E-state index contributed by atoms with van der Waals surface area (Å²) in [7, 11) is 0. The molecule has 0 atom stereocenters. The Morgan fingerprint density at radius 2 is 2.15 bits per heavy atom. The van der Waals surface area contributed by atoms with Crippen LogP contribution < -0.4 is 10.8 Å². The maximum absolute atomic E-state index is 11.4. The van der Waals surface area contributed by atoms with Crippen LogP contribution in [0.25, 0.3) is 0 Å². The normalized spacial score (nSPS) is 10.8. The number of nitrogens with zero attached hydrogens (tertiary/aromatic N) is 2. The van der Waals surface area contributed by atoms with Gasteiger partial charge in [-0.2, -0.15) is 0 Å². The third-order valence-corrected chi connectivity index (χ3v) is 2.10. The molecule has 1 rings (SSSR count). The first-order chi connectivity index (χ1) is 9.31. The number of ether oxygens (including phenoxy) is 1. The lowest BCUT2D eigenvalue weighted by atomic mass is 10.2. The second-order valence-electron chi connectivity index (χ2n) is 5.06. The van der Waals surface area contributed by atoms with Crippen molar-refractivity contribution in [2.75, 3.05) is 6.54 Å². The molecule has 0 bridgehead atoms. The predicted octanol–water partition coefficient (Wildman–Crippen LogP) is 0.848. The molecule has 8 nitrogen and oxygen atoms in total. The van der Waals surface area contributed by atoms with Crippen molar-refractivity contribution >= 4 is 11.9 Å². The Kier molecular flexibility index (Phi) is 5.39. The van der Waals surface area contributed by atoms with Gasteiger partial charge in [0.1, 0.15) is 11.3 Å². The summed E-state index contributed by atoms with van der Waals surface area (Å²) in [6, 6.07) is 0. The van der Waals surface area contributed by atoms with Gasteiger partial charge in [-0.3, -0.25) is 21.1 Å². The van der Waals surface area contributed by atoms with Crippen LogP contribution >= 0.6 is 0 Å². The van der Waals surface area contributed by atoms with Crippen molar-refractivity contribution in [1.82, 2.24) is 20.8 Å². The lowest BCUT2D eigenvalue weighted by molar-refractivity contribution is 0.0528. The van der Waals surface area contributed by atoms with Gasteiger partial charge in [0.15, 0.2) is 5.84 Å². The van der Waals surface area contributed by atoms with E-state index in [-0.39, 0.29) is 11.5 Å². The van der Waals surface area contributed by atoms with E-state index in [4.69, 9.17) is 15.4 Å². The third kappa shape index (κ3) is 5.61. The van der Waals surface area contributed by atoms with Crippen LogP contribution in [0.5, 0.6) is 0 Å². The largest absolute Gasteiger partial charge is 0.444 e. The number of alkyl carbamates (subject to hydrolysis) is 1. The molecular weight excluding hydrogens is 262 g/mol. The van der Waals surface area contributed by atoms with Gasteiger partial charge in [-0.1, -0.05) is 0 Å². The molecule has 0 saturated carbocycles. The molecule has 1 heterocycles. The molecule has 0 aliphatic carbocycles. The molecule has 1 amide bonds. The van der Waals surface area contributed by atoms with Gasteiger partial charge in [0.2, 0.25) is 0 Å². The van der Waals surface area contributed by atoms with Crippen molar-refractivity contribution in [2.24, 2.45) is 0 Å². The van der Waals surface area contributed by atoms with Crippen LogP contribution in [0, 0.1) is 5.41 Å². The number of amidine groups is 1. The molecule has 0 aliphatic rings. The molecule has 0 fully saturated rings. The minimum atomic E-state index is -0.536. The van der Waals surface area contributed by atoms with Crippen LogP contribution in [-0.2, 0) is 11.2 Å². The summed E-state index contributed by atoms with van der Waals surface area (Å²) in [6.45, 7) is 5.70. The minimum Gasteiger partial charge on any atom is -0.444 e. The standard InChI is InChI=1S/C12H19N5O3/c1-12(2,3)20-11(18)15-5-4-8-6-14-7-9(16-8)10(13)17-19/h6-7,19H,4-5H2,1-3H3,(H2,13,17)(H,15,18). The molecule has 0 unspecified atom stereocenters. The third-order valence-electron chi connectivity index (χ3n) is 2.10. The summed E-state index contributed by atoms with van der Waals surface area (Å²) < 4.78 is 5.09. The van der Waals surface area contributed by atoms with Gasteiger partial charge in [0.25, 0.3) is 0 Å². The first kappa shape index (κ1) is 15.8. The van der Waals surface area contributed by atoms with Crippen molar-refractivity contribution in [3.63, 3.8) is 0 Å². The first-order valence-corrected chi connectivity index (χ1v) is 6.08. The molecular formula is C12H19N5O3. The molecule has 20 heavy (non-hydrogen) atoms. The number of rotatable bonds is 4. The monoisotopic (exact) mass is 281 g/mol. The zero-order valence-electron chi connectivity index (χ0n) is 11.7. The van der Waals surface area contributed by atoms with Crippen molar-refractivity contribution in [3.05, 3.63) is 23.8 Å². The number of carbonyl (C=O) groups excluding carboxylic acids is 1. The van der Waals surface area contributed by atoms with Crippen LogP contribution in [0.2, 0.25) is 0 Å². The molecule has 0 spiro atoms. The van der Waals surface area contributed by atoms with Crippen LogP contribution in [0.1, 0.15) is 32.2 Å². The first-order valence-electron chi connectivity index (χ1n) is 6.08. The maximum Gasteiger partial charge on any atom is 0.407 e. The number of hydrogen-bond donors (Lipinski definition) is 4. The van der Waals surface area contributed by atoms with Crippen molar-refractivity contribution < 1.29 is 14.7 Å². The fraction of sp³-hybridized carbons (Fsp3) is 0.500. The number of carbonyl (C=O) groups is 1. The quantitative estimate of drug-likeness (QED) is 0.369. The second-order valence-corrected chi connectivity index (χ2v) is 5.06. The lowest BCUT2D eigenvalue weighted by Crippen LogP contribution is -2.33. The highest BCUT2D eigenvalue weighted by atomic mass is 16.6. The molecule has 4 N–H and O–H groups in total. The van der Waals surface area contributed by atoms with E-state index in [0.717, 1.165) is 0 Å². The van der Waals surface area contributed by atoms with E-state index in [1.807, 2.05) is 0 Å². The minimum absolute atomic E-state index is 0.224. The topological polar surface area (TPSA) is 120 Å². The van der Waals surface area contributed by atoms with Crippen LogP contribution in [-0.4, -0.2) is 39.2 Å². The van der Waals surface area contributed by atoms with Crippen LogP contribution in [0.15, 0.2) is 12.4 Å². The predicted molar refractivity (Wildman–Crippen MR) is 71.7 cm³/mol. The lowest BCUT2D eigenvalue weighted by Gasteiger charge is -2.19. The number of hydroxylamine groups is 1. The summed E-state index contributed by atoms with van der Waals surface area (Å²) in [5.74, 6) is -0.237. The Morgan fingerprint density at radius 1 is 1.45 bits per heavy atom. The van der Waals surface area contributed by atoms with Crippen LogP contribution in [0.4, 0.5) is 4.79 Å². The fourth-order valence-electron chi connectivity index (χ4n) is 1.31. The average Bonchev–Trinajstić information content (AvgIpc) is 2.36. The molecule has 0 saturated heterocycles. The fourth-order valence-corrected chi connectivity index (χ4v) is 1.31. The molecule has 1 aromatic heterocycles. The summed E-state index contributed by atoms with van der Waals surface area (Å²) in [5, 5.41) is 18.6. The highest BCUT2D eigenvalue weighted by molar-refractivity contribution is 5.93. The number of amides is 1. The number of nitrogens with one attached hydrogen (secondary N) is 3. The number of aromatic nitrogens is 2. The molecule has 0 aliphatic heterocycles. The SMILES string of the molecule is CC(C)(C)OC(=O)NCCc1cncc(C(=N)NO)n1. The van der Waals surface area contributed by atoms with Gasteiger partial charge < -0.3 is 10.1 Å². The van der Waals surface area contributed by atoms with E-state index in [9.17, 15) is 4.79 Å². The molecule has 0 radical (unpaired) electrons. The van der Waals surface area contributed by atoms with Crippen LogP contribution in [0.3, 0.4) is 0 Å². The van der Waals surface area contributed by atoms with E-state index >= 15 is 0 Å². The highest BCUT2D eigenvalue weighted by Crippen LogP contribution is 2.06. The molecule has 8 heteroatoms. The molecule has 110 valence electrons. The Morgan fingerprint density at radius 3 is 2.75 bits per heavy atom. The highest BCUT2D eigenvalue weighted by Gasteiger charge is 2.15.